The van der Waals surface area contributed by atoms with Gasteiger partial charge in [-0.1, -0.05) is 19.1 Å². The summed E-state index contributed by atoms with van der Waals surface area (Å²) in [7, 11) is 0. The van der Waals surface area contributed by atoms with Crippen LogP contribution in [0.25, 0.3) is 0 Å². The summed E-state index contributed by atoms with van der Waals surface area (Å²) in [5.74, 6) is -1.64. The monoisotopic (exact) mass is 316 g/mol. The van der Waals surface area contributed by atoms with Crippen molar-refractivity contribution < 1.29 is 28.2 Å². The van der Waals surface area contributed by atoms with Gasteiger partial charge in [-0.05, 0) is 25.0 Å². The molecule has 0 fully saturated rings. The number of carbonyl (C=O) groups excluding carboxylic acids is 1. The predicted molar refractivity (Wildman–Crippen MR) is 72.4 cm³/mol. The summed E-state index contributed by atoms with van der Waals surface area (Å²) in [6, 6.07) is 4.11. The third-order valence-corrected chi connectivity index (χ3v) is 3.57. The van der Waals surface area contributed by atoms with Crippen LogP contribution in [0.2, 0.25) is 0 Å². The largest absolute Gasteiger partial charge is 0.507 e. The lowest BCUT2D eigenvalue weighted by atomic mass is 10.0. The highest BCUT2D eigenvalue weighted by Crippen LogP contribution is 2.42. The fourth-order valence-electron chi connectivity index (χ4n) is 2.19. The maximum atomic E-state index is 13.2. The van der Waals surface area contributed by atoms with Crippen molar-refractivity contribution in [2.45, 2.75) is 38.6 Å². The van der Waals surface area contributed by atoms with E-state index in [4.69, 9.17) is 0 Å². The highest BCUT2D eigenvalue weighted by Gasteiger charge is 2.63. The average Bonchev–Trinajstić information content (AvgIpc) is 2.79. The van der Waals surface area contributed by atoms with Crippen molar-refractivity contribution in [3.05, 3.63) is 29.3 Å². The van der Waals surface area contributed by atoms with Crippen molar-refractivity contribution in [1.29, 1.82) is 0 Å². The second kappa shape index (κ2) is 5.28. The number of nitrogens with zero attached hydrogens (tertiary/aromatic N) is 2. The van der Waals surface area contributed by atoms with Crippen LogP contribution in [-0.2, 0) is 0 Å². The highest BCUT2D eigenvalue weighted by atomic mass is 19.4. The van der Waals surface area contributed by atoms with E-state index in [1.165, 1.54) is 25.1 Å². The van der Waals surface area contributed by atoms with E-state index >= 15 is 0 Å². The zero-order valence-electron chi connectivity index (χ0n) is 12.0. The molecule has 1 amide bonds. The molecule has 0 saturated carbocycles. The van der Waals surface area contributed by atoms with E-state index in [9.17, 15) is 28.2 Å². The van der Waals surface area contributed by atoms with Crippen LogP contribution in [0, 0.1) is 6.92 Å². The van der Waals surface area contributed by atoms with Crippen molar-refractivity contribution >= 4 is 11.6 Å². The number of aryl methyl sites for hydroxylation is 1. The van der Waals surface area contributed by atoms with Crippen molar-refractivity contribution in [1.82, 2.24) is 5.01 Å². The number of para-hydroxylation sites is 1. The standard InChI is InChI=1S/C14H15F3N2O3/c1-3-9-7-13(22,14(15,16)17)19(18-9)12(21)10-6-4-5-8(2)11(10)20/h4-6,20,22H,3,7H2,1-2H3. The zero-order chi connectivity index (χ0) is 16.7. The highest BCUT2D eigenvalue weighted by molar-refractivity contribution is 6.00. The van der Waals surface area contributed by atoms with Crippen molar-refractivity contribution in [2.24, 2.45) is 5.10 Å². The first-order valence-corrected chi connectivity index (χ1v) is 6.60. The number of benzene rings is 1. The Bertz CT molecular complexity index is 643. The number of amides is 1. The number of hydrazone groups is 1. The number of halogens is 3. The summed E-state index contributed by atoms with van der Waals surface area (Å²) in [4.78, 5) is 12.3. The van der Waals surface area contributed by atoms with Crippen LogP contribution < -0.4 is 0 Å². The van der Waals surface area contributed by atoms with E-state index in [2.05, 4.69) is 5.10 Å². The van der Waals surface area contributed by atoms with Gasteiger partial charge in [-0.2, -0.15) is 23.3 Å². The van der Waals surface area contributed by atoms with Crippen LogP contribution in [0.5, 0.6) is 5.75 Å². The Hall–Kier alpha value is -2.09. The van der Waals surface area contributed by atoms with Crippen molar-refractivity contribution in [3.8, 4) is 5.75 Å². The first-order valence-electron chi connectivity index (χ1n) is 6.60. The van der Waals surface area contributed by atoms with Crippen molar-refractivity contribution in [3.63, 3.8) is 0 Å². The van der Waals surface area contributed by atoms with E-state index in [-0.39, 0.29) is 22.7 Å². The maximum Gasteiger partial charge on any atom is 0.438 e. The Kier molecular flexibility index (Phi) is 3.90. The Morgan fingerprint density at radius 1 is 1.45 bits per heavy atom. The molecular weight excluding hydrogens is 301 g/mol. The molecule has 1 aliphatic rings. The van der Waals surface area contributed by atoms with Crippen LogP contribution in [0.1, 0.15) is 35.7 Å². The molecule has 5 nitrogen and oxygen atoms in total. The van der Waals surface area contributed by atoms with Gasteiger partial charge in [0, 0.05) is 12.1 Å². The summed E-state index contributed by atoms with van der Waals surface area (Å²) >= 11 is 0. The molecular formula is C14H15F3N2O3. The number of alkyl halides is 3. The van der Waals surface area contributed by atoms with Gasteiger partial charge in [0.25, 0.3) is 11.6 Å². The van der Waals surface area contributed by atoms with Gasteiger partial charge in [0.2, 0.25) is 0 Å². The smallest absolute Gasteiger partial charge is 0.438 e. The molecule has 0 aromatic heterocycles. The van der Waals surface area contributed by atoms with Gasteiger partial charge < -0.3 is 10.2 Å². The summed E-state index contributed by atoms with van der Waals surface area (Å²) in [6.07, 6.45) is -5.70. The van der Waals surface area contributed by atoms with E-state index in [0.29, 0.717) is 5.56 Å². The quantitative estimate of drug-likeness (QED) is 0.881. The van der Waals surface area contributed by atoms with Crippen LogP contribution in [0.3, 0.4) is 0 Å². The second-order valence-electron chi connectivity index (χ2n) is 5.10. The lowest BCUT2D eigenvalue weighted by Crippen LogP contribution is -2.56. The van der Waals surface area contributed by atoms with Gasteiger partial charge in [0.05, 0.1) is 5.56 Å². The van der Waals surface area contributed by atoms with E-state index in [0.717, 1.165) is 0 Å². The first-order chi connectivity index (χ1) is 10.1. The van der Waals surface area contributed by atoms with Crippen LogP contribution in [-0.4, -0.2) is 38.7 Å². The summed E-state index contributed by atoms with van der Waals surface area (Å²) in [5, 5.41) is 23.4. The Balaban J connectivity index is 2.50. The molecule has 0 bridgehead atoms. The molecule has 2 rings (SSSR count). The third-order valence-electron chi connectivity index (χ3n) is 3.57. The average molecular weight is 316 g/mol. The lowest BCUT2D eigenvalue weighted by molar-refractivity contribution is -0.297. The minimum Gasteiger partial charge on any atom is -0.507 e. The van der Waals surface area contributed by atoms with Gasteiger partial charge in [-0.25, -0.2) is 0 Å². The topological polar surface area (TPSA) is 73.1 Å². The third kappa shape index (κ3) is 2.43. The minimum absolute atomic E-state index is 0.0142. The number of carbonyl (C=O) groups is 1. The molecule has 120 valence electrons. The molecule has 0 spiro atoms. The van der Waals surface area contributed by atoms with Gasteiger partial charge in [0.15, 0.2) is 0 Å². The Labute approximate surface area is 124 Å². The van der Waals surface area contributed by atoms with E-state index < -0.39 is 30.0 Å². The van der Waals surface area contributed by atoms with Crippen LogP contribution >= 0.6 is 0 Å². The molecule has 1 heterocycles. The molecule has 8 heteroatoms. The van der Waals surface area contributed by atoms with Crippen molar-refractivity contribution in [2.75, 3.05) is 0 Å². The Morgan fingerprint density at radius 3 is 2.64 bits per heavy atom. The maximum absolute atomic E-state index is 13.2. The van der Waals surface area contributed by atoms with Gasteiger partial charge in [0.1, 0.15) is 5.75 Å². The molecule has 1 aromatic rings. The van der Waals surface area contributed by atoms with Gasteiger partial charge >= 0.3 is 6.18 Å². The normalized spacial score (nSPS) is 21.9. The molecule has 2 N–H and O–H groups in total. The molecule has 1 aromatic carbocycles. The summed E-state index contributed by atoms with van der Waals surface area (Å²) < 4.78 is 39.5. The first kappa shape index (κ1) is 16.3. The number of rotatable bonds is 2. The van der Waals surface area contributed by atoms with E-state index in [1.54, 1.807) is 6.92 Å². The fraction of sp³-hybridized carbons (Fsp3) is 0.429. The molecule has 0 saturated heterocycles. The van der Waals surface area contributed by atoms with Crippen LogP contribution in [0.15, 0.2) is 23.3 Å². The predicted octanol–water partition coefficient (Wildman–Crippen LogP) is 2.56. The lowest BCUT2D eigenvalue weighted by Gasteiger charge is -2.32. The van der Waals surface area contributed by atoms with Gasteiger partial charge in [-0.15, -0.1) is 0 Å². The number of hydrogen-bond donors (Lipinski definition) is 2. The molecule has 22 heavy (non-hydrogen) atoms. The molecule has 1 aliphatic heterocycles. The molecule has 0 aliphatic carbocycles. The number of phenols is 1. The molecule has 0 radical (unpaired) electrons. The summed E-state index contributed by atoms with van der Waals surface area (Å²) in [5.41, 5.74) is -3.35. The zero-order valence-corrected chi connectivity index (χ0v) is 12.0. The van der Waals surface area contributed by atoms with Gasteiger partial charge in [-0.3, -0.25) is 4.79 Å². The molecule has 1 atom stereocenters. The van der Waals surface area contributed by atoms with Crippen LogP contribution in [0.4, 0.5) is 13.2 Å². The summed E-state index contributed by atoms with van der Waals surface area (Å²) in [6.45, 7) is 3.08. The minimum atomic E-state index is -5.07. The Morgan fingerprint density at radius 2 is 2.09 bits per heavy atom. The van der Waals surface area contributed by atoms with E-state index in [1.807, 2.05) is 0 Å². The fourth-order valence-corrected chi connectivity index (χ4v) is 2.19. The number of aromatic hydroxyl groups is 1. The number of hydrogen-bond acceptors (Lipinski definition) is 4. The molecule has 1 unspecified atom stereocenters. The number of aliphatic hydroxyl groups is 1. The second-order valence-corrected chi connectivity index (χ2v) is 5.10. The SMILES string of the molecule is CCC1=NN(C(=O)c2cccc(C)c2O)C(O)(C(F)(F)F)C1. The number of phenolic OH excluding ortho intramolecular Hbond substituents is 1.